The van der Waals surface area contributed by atoms with Crippen molar-refractivity contribution in [2.45, 2.75) is 58.9 Å². The number of carbonyl (C=O) groups is 6. The Labute approximate surface area is 261 Å². The number of hydroxylamine groups is 2. The Hall–Kier alpha value is -5.20. The lowest BCUT2D eigenvalue weighted by Crippen LogP contribution is -2.49. The highest BCUT2D eigenvalue weighted by Crippen LogP contribution is 2.28. The molecule has 3 N–H and O–H groups in total. The van der Waals surface area contributed by atoms with Gasteiger partial charge >= 0.3 is 11.9 Å². The van der Waals surface area contributed by atoms with E-state index < -0.39 is 42.3 Å². The van der Waals surface area contributed by atoms with Crippen LogP contribution in [0.3, 0.4) is 0 Å². The van der Waals surface area contributed by atoms with Gasteiger partial charge in [-0.15, -0.1) is 0 Å². The van der Waals surface area contributed by atoms with Crippen LogP contribution in [0.2, 0.25) is 0 Å². The molecule has 3 amide bonds. The number of amides is 3. The summed E-state index contributed by atoms with van der Waals surface area (Å²) in [5.41, 5.74) is 0.744. The van der Waals surface area contributed by atoms with Gasteiger partial charge in [-0.05, 0) is 44.0 Å². The number of aldehydes is 1. The van der Waals surface area contributed by atoms with E-state index in [-0.39, 0.29) is 35.1 Å². The molecular weight excluding hydrogens is 586 g/mol. The summed E-state index contributed by atoms with van der Waals surface area (Å²) in [6.07, 6.45) is 6.86. The number of aliphatic carboxylic acids is 1. The standard InChI is InChI=1S/C32H39N3O10/c1-5-9-10-11-24(25(8-4)35(20-37)45-32(42)21(6-2)7-3)30(40)33-19-34-31(41)27-15-14-26(44-27)22-12-13-23(17-36)28(16-22)43-18-29(38)39/h6-7,12-17,20,24-25H,2,5,8-11,18-19H2,1,3-4H3,(H,33,40)(H,34,41)(H,38,39)/b21-7+. The normalized spacial score (nSPS) is 12.3. The van der Waals surface area contributed by atoms with Gasteiger partial charge in [0, 0.05) is 5.56 Å². The van der Waals surface area contributed by atoms with E-state index >= 15 is 0 Å². The van der Waals surface area contributed by atoms with Crippen molar-refractivity contribution in [3.8, 4) is 17.1 Å². The summed E-state index contributed by atoms with van der Waals surface area (Å²) in [5, 5.41) is 14.9. The van der Waals surface area contributed by atoms with Crippen LogP contribution in [0.4, 0.5) is 0 Å². The van der Waals surface area contributed by atoms with Crippen molar-refractivity contribution in [3.05, 3.63) is 66.0 Å². The SMILES string of the molecule is C=C/C(=C\C)C(=O)ON(C=O)C(CC)C(CCCCC)C(=O)NCNC(=O)c1ccc(-c2ccc(C=O)c(OCC(=O)O)c2)o1. The molecule has 0 saturated carbocycles. The predicted octanol–water partition coefficient (Wildman–Crippen LogP) is 4.05. The Kier molecular flexibility index (Phi) is 14.8. The molecule has 2 atom stereocenters. The third-order valence-electron chi connectivity index (χ3n) is 6.84. The lowest BCUT2D eigenvalue weighted by molar-refractivity contribution is -0.200. The highest BCUT2D eigenvalue weighted by atomic mass is 16.7. The summed E-state index contributed by atoms with van der Waals surface area (Å²) < 4.78 is 10.8. The summed E-state index contributed by atoms with van der Waals surface area (Å²) in [4.78, 5) is 77.9. The third kappa shape index (κ3) is 10.5. The van der Waals surface area contributed by atoms with E-state index in [9.17, 15) is 28.8 Å². The van der Waals surface area contributed by atoms with E-state index in [0.29, 0.717) is 37.5 Å². The van der Waals surface area contributed by atoms with Crippen molar-refractivity contribution in [1.82, 2.24) is 15.7 Å². The molecule has 1 aromatic heterocycles. The van der Waals surface area contributed by atoms with Crippen molar-refractivity contribution < 1.29 is 47.9 Å². The van der Waals surface area contributed by atoms with Crippen LogP contribution in [0.1, 0.15) is 73.8 Å². The fourth-order valence-corrected chi connectivity index (χ4v) is 4.48. The largest absolute Gasteiger partial charge is 0.481 e. The third-order valence-corrected chi connectivity index (χ3v) is 6.84. The van der Waals surface area contributed by atoms with Gasteiger partial charge in [0.05, 0.1) is 29.8 Å². The lowest BCUT2D eigenvalue weighted by atomic mass is 9.90. The number of nitrogens with zero attached hydrogens (tertiary/aromatic N) is 1. The number of carbonyl (C=O) groups excluding carboxylic acids is 5. The average molecular weight is 626 g/mol. The number of rotatable bonds is 20. The Balaban J connectivity index is 2.11. The number of carboxylic acid groups (broad SMARTS) is 1. The molecule has 13 heteroatoms. The molecule has 0 spiro atoms. The summed E-state index contributed by atoms with van der Waals surface area (Å²) in [5.74, 6) is -3.58. The second-order valence-corrected chi connectivity index (χ2v) is 9.81. The van der Waals surface area contributed by atoms with Crippen molar-refractivity contribution >= 4 is 36.4 Å². The fraction of sp³-hybridized carbons (Fsp3) is 0.375. The van der Waals surface area contributed by atoms with Gasteiger partial charge in [0.1, 0.15) is 11.5 Å². The van der Waals surface area contributed by atoms with Gasteiger partial charge in [0.15, 0.2) is 18.7 Å². The number of unbranched alkanes of at least 4 members (excludes halogenated alkanes) is 2. The molecule has 45 heavy (non-hydrogen) atoms. The maximum absolute atomic E-state index is 13.3. The summed E-state index contributed by atoms with van der Waals surface area (Å²) in [6, 6.07) is 6.58. The Morgan fingerprint density at radius 2 is 1.84 bits per heavy atom. The van der Waals surface area contributed by atoms with Gasteiger partial charge in [0.25, 0.3) is 5.91 Å². The second kappa shape index (κ2) is 18.5. The first-order valence-electron chi connectivity index (χ1n) is 14.5. The highest BCUT2D eigenvalue weighted by molar-refractivity contribution is 5.93. The molecule has 13 nitrogen and oxygen atoms in total. The van der Waals surface area contributed by atoms with Crippen LogP contribution < -0.4 is 15.4 Å². The Bertz CT molecular complexity index is 1400. The number of hydrogen-bond acceptors (Lipinski definition) is 9. The van der Waals surface area contributed by atoms with Crippen LogP contribution in [0, 0.1) is 5.92 Å². The van der Waals surface area contributed by atoms with Crippen LogP contribution in [0.5, 0.6) is 5.75 Å². The van der Waals surface area contributed by atoms with Gasteiger partial charge < -0.3 is 29.7 Å². The smallest absolute Gasteiger partial charge is 0.362 e. The van der Waals surface area contributed by atoms with Crippen LogP contribution in [-0.4, -0.2) is 65.9 Å². The molecule has 1 aromatic carbocycles. The Morgan fingerprint density at radius 3 is 2.44 bits per heavy atom. The molecule has 1 heterocycles. The molecule has 0 saturated heterocycles. The summed E-state index contributed by atoms with van der Waals surface area (Å²) >= 11 is 0. The zero-order chi connectivity index (χ0) is 33.4. The molecule has 242 valence electrons. The summed E-state index contributed by atoms with van der Waals surface area (Å²) in [7, 11) is 0. The number of carboxylic acids is 1. The highest BCUT2D eigenvalue weighted by Gasteiger charge is 2.33. The zero-order valence-corrected chi connectivity index (χ0v) is 25.6. The number of furan rings is 1. The van der Waals surface area contributed by atoms with Crippen molar-refractivity contribution in [2.24, 2.45) is 5.92 Å². The van der Waals surface area contributed by atoms with Crippen LogP contribution in [0.25, 0.3) is 11.3 Å². The molecular formula is C32H39N3O10. The quantitative estimate of drug-likeness (QED) is 0.0485. The first-order chi connectivity index (χ1) is 21.6. The molecule has 0 aliphatic rings. The maximum Gasteiger partial charge on any atom is 0.362 e. The number of nitrogens with one attached hydrogen (secondary N) is 2. The lowest BCUT2D eigenvalue weighted by Gasteiger charge is -2.31. The first-order valence-corrected chi connectivity index (χ1v) is 14.5. The van der Waals surface area contributed by atoms with Gasteiger partial charge in [-0.1, -0.05) is 57.9 Å². The second-order valence-electron chi connectivity index (χ2n) is 9.81. The minimum Gasteiger partial charge on any atom is -0.481 e. The molecule has 0 bridgehead atoms. The predicted molar refractivity (Wildman–Crippen MR) is 163 cm³/mol. The van der Waals surface area contributed by atoms with E-state index in [1.807, 2.05) is 6.92 Å². The van der Waals surface area contributed by atoms with Crippen molar-refractivity contribution in [1.29, 1.82) is 0 Å². The van der Waals surface area contributed by atoms with E-state index in [2.05, 4.69) is 17.2 Å². The number of ether oxygens (including phenoxy) is 1. The van der Waals surface area contributed by atoms with Crippen molar-refractivity contribution in [3.63, 3.8) is 0 Å². The van der Waals surface area contributed by atoms with Crippen molar-refractivity contribution in [2.75, 3.05) is 13.3 Å². The molecule has 0 aliphatic heterocycles. The average Bonchev–Trinajstić information content (AvgIpc) is 3.53. The molecule has 0 fully saturated rings. The minimum atomic E-state index is -1.21. The van der Waals surface area contributed by atoms with Crippen LogP contribution in [-0.2, 0) is 24.0 Å². The van der Waals surface area contributed by atoms with E-state index in [0.717, 1.165) is 17.9 Å². The van der Waals surface area contributed by atoms with Gasteiger partial charge in [-0.2, -0.15) is 5.06 Å². The Morgan fingerprint density at radius 1 is 1.09 bits per heavy atom. The molecule has 2 unspecified atom stereocenters. The van der Waals surface area contributed by atoms with Gasteiger partial charge in [0.2, 0.25) is 12.3 Å². The first kappa shape index (κ1) is 36.0. The van der Waals surface area contributed by atoms with Crippen LogP contribution >= 0.6 is 0 Å². The zero-order valence-electron chi connectivity index (χ0n) is 25.6. The fourth-order valence-electron chi connectivity index (χ4n) is 4.48. The maximum atomic E-state index is 13.3. The van der Waals surface area contributed by atoms with E-state index in [1.54, 1.807) is 19.9 Å². The van der Waals surface area contributed by atoms with E-state index in [4.69, 9.17) is 19.1 Å². The van der Waals surface area contributed by atoms with Crippen LogP contribution in [0.15, 0.2) is 59.1 Å². The van der Waals surface area contributed by atoms with E-state index in [1.165, 1.54) is 36.4 Å². The number of hydrogen-bond donors (Lipinski definition) is 3. The minimum absolute atomic E-state index is 0.0415. The van der Waals surface area contributed by atoms with Gasteiger partial charge in [-0.25, -0.2) is 9.59 Å². The summed E-state index contributed by atoms with van der Waals surface area (Å²) in [6.45, 7) is 8.06. The number of benzene rings is 1. The molecule has 0 aliphatic carbocycles. The molecule has 2 rings (SSSR count). The van der Waals surface area contributed by atoms with Gasteiger partial charge in [-0.3, -0.25) is 19.2 Å². The molecule has 0 radical (unpaired) electrons. The topological polar surface area (TPSA) is 182 Å². The number of allylic oxidation sites excluding steroid dienone is 1. The monoisotopic (exact) mass is 625 g/mol. The molecule has 2 aromatic rings.